The molecule has 5 heteroatoms. The van der Waals surface area contributed by atoms with Gasteiger partial charge in [-0.25, -0.2) is 9.37 Å². The molecule has 4 nitrogen and oxygen atoms in total. The molecule has 0 amide bonds. The van der Waals surface area contributed by atoms with Gasteiger partial charge in [-0.05, 0) is 44.2 Å². The molecule has 0 saturated carbocycles. The van der Waals surface area contributed by atoms with Crippen molar-refractivity contribution in [1.29, 1.82) is 5.26 Å². The van der Waals surface area contributed by atoms with Gasteiger partial charge in [0.05, 0.1) is 35.3 Å². The van der Waals surface area contributed by atoms with Crippen molar-refractivity contribution in [3.63, 3.8) is 0 Å². The average molecular weight is 330 g/mol. The Labute approximate surface area is 144 Å². The maximum absolute atomic E-state index is 14.4. The van der Waals surface area contributed by atoms with Gasteiger partial charge in [0.15, 0.2) is 0 Å². The van der Waals surface area contributed by atoms with E-state index in [9.17, 15) is 9.65 Å². The van der Waals surface area contributed by atoms with E-state index < -0.39 is 0 Å². The van der Waals surface area contributed by atoms with Crippen molar-refractivity contribution in [2.24, 2.45) is 4.99 Å². The number of aliphatic imine (C=N–C) groups is 1. The molecule has 1 aliphatic rings. The number of nitriles is 1. The summed E-state index contributed by atoms with van der Waals surface area (Å²) in [6.45, 7) is 4.32. The van der Waals surface area contributed by atoms with Crippen molar-refractivity contribution in [3.05, 3.63) is 82.2 Å². The van der Waals surface area contributed by atoms with E-state index in [-0.39, 0.29) is 5.82 Å². The molecular weight excluding hydrogens is 315 g/mol. The lowest BCUT2D eigenvalue weighted by atomic mass is 9.98. The van der Waals surface area contributed by atoms with Crippen LogP contribution in [-0.2, 0) is 6.54 Å². The maximum atomic E-state index is 14.4. The minimum Gasteiger partial charge on any atom is -0.298 e. The second kappa shape index (κ2) is 5.67. The second-order valence-corrected chi connectivity index (χ2v) is 6.02. The Morgan fingerprint density at radius 3 is 2.68 bits per heavy atom. The van der Waals surface area contributed by atoms with Gasteiger partial charge in [0, 0.05) is 16.8 Å². The second-order valence-electron chi connectivity index (χ2n) is 6.02. The van der Waals surface area contributed by atoms with Gasteiger partial charge in [0.2, 0.25) is 0 Å². The van der Waals surface area contributed by atoms with Crippen LogP contribution in [0.25, 0.3) is 5.69 Å². The lowest BCUT2D eigenvalue weighted by Crippen LogP contribution is -2.10. The summed E-state index contributed by atoms with van der Waals surface area (Å²) >= 11 is 0. The molecule has 122 valence electrons. The van der Waals surface area contributed by atoms with Crippen LogP contribution in [-0.4, -0.2) is 15.3 Å². The van der Waals surface area contributed by atoms with Gasteiger partial charge in [-0.15, -0.1) is 0 Å². The highest BCUT2D eigenvalue weighted by Crippen LogP contribution is 2.29. The Hall–Kier alpha value is -3.26. The molecule has 0 fully saturated rings. The molecule has 0 radical (unpaired) electrons. The number of fused-ring (bicyclic) bond motifs is 3. The third kappa shape index (κ3) is 2.34. The van der Waals surface area contributed by atoms with Crippen molar-refractivity contribution in [2.75, 3.05) is 0 Å². The third-order valence-electron chi connectivity index (χ3n) is 4.54. The monoisotopic (exact) mass is 330 g/mol. The van der Waals surface area contributed by atoms with Gasteiger partial charge in [-0.1, -0.05) is 12.1 Å². The largest absolute Gasteiger partial charge is 0.298 e. The van der Waals surface area contributed by atoms with Gasteiger partial charge >= 0.3 is 0 Å². The molecule has 1 aromatic heterocycles. The molecule has 2 aromatic carbocycles. The van der Waals surface area contributed by atoms with Crippen molar-refractivity contribution >= 4 is 5.71 Å². The minimum absolute atomic E-state index is 0.331. The highest BCUT2D eigenvalue weighted by atomic mass is 19.1. The first-order chi connectivity index (χ1) is 12.1. The predicted molar refractivity (Wildman–Crippen MR) is 93.5 cm³/mol. The molecule has 0 spiro atoms. The van der Waals surface area contributed by atoms with Crippen molar-refractivity contribution in [3.8, 4) is 11.8 Å². The number of hydrogen-bond acceptors (Lipinski definition) is 3. The quantitative estimate of drug-likeness (QED) is 0.680. The molecular formula is C20H15FN4. The van der Waals surface area contributed by atoms with Crippen LogP contribution in [0.1, 0.15) is 33.9 Å². The molecule has 0 aliphatic carbocycles. The van der Waals surface area contributed by atoms with E-state index in [4.69, 9.17) is 0 Å². The first-order valence-electron chi connectivity index (χ1n) is 7.99. The summed E-state index contributed by atoms with van der Waals surface area (Å²) in [5.41, 5.74) is 5.06. The lowest BCUT2D eigenvalue weighted by molar-refractivity contribution is 0.625. The van der Waals surface area contributed by atoms with Crippen LogP contribution in [0.5, 0.6) is 0 Å². The van der Waals surface area contributed by atoms with Gasteiger partial charge in [0.25, 0.3) is 0 Å². The number of rotatable bonds is 1. The summed E-state index contributed by atoms with van der Waals surface area (Å²) in [5, 5.41) is 9.29. The van der Waals surface area contributed by atoms with E-state index in [1.54, 1.807) is 30.3 Å². The van der Waals surface area contributed by atoms with Gasteiger partial charge in [-0.3, -0.25) is 9.56 Å². The molecule has 0 saturated heterocycles. The maximum Gasteiger partial charge on any atom is 0.135 e. The van der Waals surface area contributed by atoms with E-state index in [2.05, 4.69) is 16.0 Å². The molecule has 4 rings (SSSR count). The summed E-state index contributed by atoms with van der Waals surface area (Å²) in [4.78, 5) is 9.25. The summed E-state index contributed by atoms with van der Waals surface area (Å²) < 4.78 is 16.5. The first kappa shape index (κ1) is 15.3. The zero-order valence-corrected chi connectivity index (χ0v) is 13.9. The molecule has 0 atom stereocenters. The number of aromatic nitrogens is 2. The number of benzene rings is 2. The van der Waals surface area contributed by atoms with Gasteiger partial charge < -0.3 is 0 Å². The summed E-state index contributed by atoms with van der Waals surface area (Å²) in [6, 6.07) is 14.1. The SMILES string of the molecule is Cc1nc2n(c1C)-c1ccc(C#N)cc1C(c1ccccc1F)=NC2. The molecule has 0 N–H and O–H groups in total. The van der Waals surface area contributed by atoms with Crippen molar-refractivity contribution in [1.82, 2.24) is 9.55 Å². The van der Waals surface area contributed by atoms with E-state index in [0.717, 1.165) is 28.5 Å². The Bertz CT molecular complexity index is 1070. The van der Waals surface area contributed by atoms with Gasteiger partial charge in [-0.2, -0.15) is 5.26 Å². The average Bonchev–Trinajstić information content (AvgIpc) is 2.81. The fraction of sp³-hybridized carbons (Fsp3) is 0.150. The van der Waals surface area contributed by atoms with Crippen LogP contribution in [0, 0.1) is 31.0 Å². The highest BCUT2D eigenvalue weighted by Gasteiger charge is 2.23. The molecule has 25 heavy (non-hydrogen) atoms. The highest BCUT2D eigenvalue weighted by molar-refractivity contribution is 6.15. The summed E-state index contributed by atoms with van der Waals surface area (Å²) in [5.74, 6) is 0.481. The standard InChI is InChI=1S/C20H15FN4/c1-12-13(2)25-18-8-7-14(10-22)9-16(18)20(23-11-19(25)24-12)15-5-3-4-6-17(15)21/h3-9H,11H2,1-2H3. The summed E-state index contributed by atoms with van der Waals surface area (Å²) in [6.07, 6.45) is 0. The smallest absolute Gasteiger partial charge is 0.135 e. The van der Waals surface area contributed by atoms with Crippen molar-refractivity contribution in [2.45, 2.75) is 20.4 Å². The Balaban J connectivity index is 2.05. The fourth-order valence-electron chi connectivity index (χ4n) is 3.21. The Morgan fingerprint density at radius 1 is 1.12 bits per heavy atom. The molecule has 3 aromatic rings. The molecule has 0 bridgehead atoms. The molecule has 0 unspecified atom stereocenters. The zero-order chi connectivity index (χ0) is 17.6. The predicted octanol–water partition coefficient (Wildman–Crippen LogP) is 3.85. The Kier molecular flexibility index (Phi) is 3.47. The van der Waals surface area contributed by atoms with Crippen LogP contribution in [0.15, 0.2) is 47.5 Å². The van der Waals surface area contributed by atoms with E-state index in [1.807, 2.05) is 24.5 Å². The first-order valence-corrected chi connectivity index (χ1v) is 7.99. The lowest BCUT2D eigenvalue weighted by Gasteiger charge is -2.14. The number of halogens is 1. The normalized spacial score (nSPS) is 12.6. The number of hydrogen-bond donors (Lipinski definition) is 0. The number of imidazole rings is 1. The van der Waals surface area contributed by atoms with Crippen LogP contribution in [0.4, 0.5) is 4.39 Å². The van der Waals surface area contributed by atoms with E-state index in [0.29, 0.717) is 23.4 Å². The van der Waals surface area contributed by atoms with Crippen molar-refractivity contribution < 1.29 is 4.39 Å². The van der Waals surface area contributed by atoms with E-state index in [1.165, 1.54) is 6.07 Å². The topological polar surface area (TPSA) is 54.0 Å². The van der Waals surface area contributed by atoms with Crippen LogP contribution < -0.4 is 0 Å². The zero-order valence-electron chi connectivity index (χ0n) is 13.9. The van der Waals surface area contributed by atoms with Crippen LogP contribution in [0.3, 0.4) is 0 Å². The number of aryl methyl sites for hydroxylation is 1. The Morgan fingerprint density at radius 2 is 1.92 bits per heavy atom. The molecule has 2 heterocycles. The minimum atomic E-state index is -0.331. The van der Waals surface area contributed by atoms with Crippen LogP contribution >= 0.6 is 0 Å². The third-order valence-corrected chi connectivity index (χ3v) is 4.54. The molecule has 1 aliphatic heterocycles. The van der Waals surface area contributed by atoms with E-state index >= 15 is 0 Å². The fourth-order valence-corrected chi connectivity index (χ4v) is 3.21. The number of nitrogens with zero attached hydrogens (tertiary/aromatic N) is 4. The summed E-state index contributed by atoms with van der Waals surface area (Å²) in [7, 11) is 0. The van der Waals surface area contributed by atoms with Gasteiger partial charge in [0.1, 0.15) is 11.6 Å². The van der Waals surface area contributed by atoms with Crippen LogP contribution in [0.2, 0.25) is 0 Å².